The van der Waals surface area contributed by atoms with Gasteiger partial charge in [0.15, 0.2) is 6.10 Å². The van der Waals surface area contributed by atoms with Gasteiger partial charge < -0.3 is 14.2 Å². The van der Waals surface area contributed by atoms with E-state index in [2.05, 4.69) is 106 Å². The summed E-state index contributed by atoms with van der Waals surface area (Å²) < 4.78 is 16.8. The van der Waals surface area contributed by atoms with Crippen LogP contribution in [0.4, 0.5) is 0 Å². The maximum Gasteiger partial charge on any atom is 0.306 e. The molecule has 0 spiro atoms. The Balaban J connectivity index is 4.20. The molecule has 0 bridgehead atoms. The summed E-state index contributed by atoms with van der Waals surface area (Å²) in [5, 5.41) is 0. The van der Waals surface area contributed by atoms with Crippen LogP contribution in [0.1, 0.15) is 290 Å². The molecule has 0 saturated carbocycles. The monoisotopic (exact) mass is 989 g/mol. The first-order chi connectivity index (χ1) is 35.0. The van der Waals surface area contributed by atoms with Crippen LogP contribution < -0.4 is 0 Å². The number of carbonyl (C=O) groups excluding carboxylic acids is 3. The molecule has 0 aromatic carbocycles. The second-order valence-electron chi connectivity index (χ2n) is 19.9. The lowest BCUT2D eigenvalue weighted by Crippen LogP contribution is -2.30. The molecule has 71 heavy (non-hydrogen) atoms. The highest BCUT2D eigenvalue weighted by atomic mass is 16.6. The molecule has 0 aliphatic carbocycles. The van der Waals surface area contributed by atoms with Gasteiger partial charge in [-0.3, -0.25) is 14.4 Å². The zero-order valence-corrected chi connectivity index (χ0v) is 46.7. The normalized spacial score (nSPS) is 12.7. The molecule has 408 valence electrons. The minimum absolute atomic E-state index is 0.0797. The van der Waals surface area contributed by atoms with Gasteiger partial charge in [0, 0.05) is 19.3 Å². The van der Waals surface area contributed by atoms with Gasteiger partial charge in [0.1, 0.15) is 13.2 Å². The zero-order valence-electron chi connectivity index (χ0n) is 46.7. The third-order valence-electron chi connectivity index (χ3n) is 12.9. The number of esters is 3. The van der Waals surface area contributed by atoms with Gasteiger partial charge in [-0.15, -0.1) is 0 Å². The van der Waals surface area contributed by atoms with Crippen LogP contribution in [-0.4, -0.2) is 37.2 Å². The van der Waals surface area contributed by atoms with Crippen molar-refractivity contribution in [3.63, 3.8) is 0 Å². The standard InChI is InChI=1S/C65H112O6/c1-4-7-10-13-16-18-20-22-24-26-28-30-32-34-36-38-40-42-44-46-49-52-55-58-64(67)70-61-62(60-69-63(66)57-54-51-48-15-12-9-6-3)71-65(68)59-56-53-50-47-45-43-41-39-37-35-33-31-29-27-25-23-21-19-17-14-11-8-5-2/h7,10,16,18,21-24,27-30,33,35,62H,4-6,8-9,11-15,17,19-20,25-26,31-32,34,36-61H2,1-3H3/b10-7-,18-16-,23-21-,24-22-,29-27-,30-28-,35-33-. The van der Waals surface area contributed by atoms with E-state index < -0.39 is 6.10 Å². The average molecular weight is 990 g/mol. The fourth-order valence-corrected chi connectivity index (χ4v) is 8.38. The van der Waals surface area contributed by atoms with E-state index in [1.807, 2.05) is 0 Å². The molecule has 0 amide bonds. The highest BCUT2D eigenvalue weighted by Crippen LogP contribution is 2.15. The molecule has 1 atom stereocenters. The second-order valence-corrected chi connectivity index (χ2v) is 19.9. The van der Waals surface area contributed by atoms with E-state index in [-0.39, 0.29) is 31.1 Å². The summed E-state index contributed by atoms with van der Waals surface area (Å²) in [5.74, 6) is -0.891. The van der Waals surface area contributed by atoms with Crippen molar-refractivity contribution in [2.45, 2.75) is 297 Å². The van der Waals surface area contributed by atoms with E-state index in [0.717, 1.165) is 103 Å². The Bertz CT molecular complexity index is 1370. The summed E-state index contributed by atoms with van der Waals surface area (Å²) in [6.07, 6.45) is 77.4. The second kappa shape index (κ2) is 59.2. The molecule has 6 nitrogen and oxygen atoms in total. The highest BCUT2D eigenvalue weighted by Gasteiger charge is 2.19. The smallest absolute Gasteiger partial charge is 0.306 e. The van der Waals surface area contributed by atoms with Crippen LogP contribution in [-0.2, 0) is 28.6 Å². The Hall–Kier alpha value is -3.41. The topological polar surface area (TPSA) is 78.9 Å². The first-order valence-corrected chi connectivity index (χ1v) is 30.1. The van der Waals surface area contributed by atoms with Crippen LogP contribution in [0.15, 0.2) is 85.1 Å². The molecular formula is C65H112O6. The number of allylic oxidation sites excluding steroid dienone is 14. The molecule has 0 aromatic rings. The summed E-state index contributed by atoms with van der Waals surface area (Å²) in [7, 11) is 0. The van der Waals surface area contributed by atoms with E-state index in [9.17, 15) is 14.4 Å². The maximum absolute atomic E-state index is 12.8. The van der Waals surface area contributed by atoms with Crippen molar-refractivity contribution >= 4 is 17.9 Å². The van der Waals surface area contributed by atoms with Gasteiger partial charge >= 0.3 is 17.9 Å². The van der Waals surface area contributed by atoms with Crippen LogP contribution in [0.2, 0.25) is 0 Å². The van der Waals surface area contributed by atoms with Gasteiger partial charge in [0.2, 0.25) is 0 Å². The lowest BCUT2D eigenvalue weighted by Gasteiger charge is -2.18. The van der Waals surface area contributed by atoms with E-state index in [0.29, 0.717) is 19.3 Å². The van der Waals surface area contributed by atoms with Gasteiger partial charge in [-0.2, -0.15) is 0 Å². The zero-order chi connectivity index (χ0) is 51.4. The lowest BCUT2D eigenvalue weighted by molar-refractivity contribution is -0.167. The van der Waals surface area contributed by atoms with Crippen LogP contribution in [0.3, 0.4) is 0 Å². The summed E-state index contributed by atoms with van der Waals surface area (Å²) in [6, 6.07) is 0. The Kier molecular flexibility index (Phi) is 56.3. The van der Waals surface area contributed by atoms with E-state index in [1.165, 1.54) is 148 Å². The van der Waals surface area contributed by atoms with Crippen molar-refractivity contribution in [2.24, 2.45) is 0 Å². The molecule has 0 fully saturated rings. The van der Waals surface area contributed by atoms with E-state index >= 15 is 0 Å². The van der Waals surface area contributed by atoms with E-state index in [4.69, 9.17) is 14.2 Å². The van der Waals surface area contributed by atoms with Crippen molar-refractivity contribution in [3.05, 3.63) is 85.1 Å². The highest BCUT2D eigenvalue weighted by molar-refractivity contribution is 5.71. The molecule has 0 rings (SSSR count). The molecule has 0 saturated heterocycles. The number of rotatable bonds is 54. The van der Waals surface area contributed by atoms with Gasteiger partial charge in [-0.25, -0.2) is 0 Å². The van der Waals surface area contributed by atoms with Gasteiger partial charge in [0.25, 0.3) is 0 Å². The summed E-state index contributed by atoms with van der Waals surface area (Å²) >= 11 is 0. The summed E-state index contributed by atoms with van der Waals surface area (Å²) in [5.41, 5.74) is 0. The lowest BCUT2D eigenvalue weighted by atomic mass is 10.1. The molecule has 0 radical (unpaired) electrons. The Labute approximate surface area is 439 Å². The number of ether oxygens (including phenoxy) is 3. The van der Waals surface area contributed by atoms with Crippen LogP contribution in [0.25, 0.3) is 0 Å². The van der Waals surface area contributed by atoms with Crippen LogP contribution in [0.5, 0.6) is 0 Å². The van der Waals surface area contributed by atoms with Crippen molar-refractivity contribution < 1.29 is 28.6 Å². The predicted molar refractivity (Wildman–Crippen MR) is 307 cm³/mol. The SMILES string of the molecule is CC/C=C\C/C=C\C/C=C\C/C=C\CCCCCCCCCCCCC(=O)OCC(COC(=O)CCCCCCCCC)OC(=O)CCCCCCCCCC/C=C\C/C=C\C/C=C\CCCCCCC. The predicted octanol–water partition coefficient (Wildman–Crippen LogP) is 20.3. The molecule has 0 aliphatic rings. The first-order valence-electron chi connectivity index (χ1n) is 30.1. The van der Waals surface area contributed by atoms with Crippen molar-refractivity contribution in [1.82, 2.24) is 0 Å². The third-order valence-corrected chi connectivity index (χ3v) is 12.9. The molecule has 6 heteroatoms. The average Bonchev–Trinajstić information content (AvgIpc) is 3.37. The Morgan fingerprint density at radius 3 is 0.859 bits per heavy atom. The maximum atomic E-state index is 12.8. The number of hydrogen-bond acceptors (Lipinski definition) is 6. The van der Waals surface area contributed by atoms with Gasteiger partial charge in [-0.05, 0) is 96.3 Å². The van der Waals surface area contributed by atoms with Crippen LogP contribution in [0, 0.1) is 0 Å². The fourth-order valence-electron chi connectivity index (χ4n) is 8.38. The van der Waals surface area contributed by atoms with Crippen molar-refractivity contribution in [2.75, 3.05) is 13.2 Å². The molecule has 0 aliphatic heterocycles. The number of carbonyl (C=O) groups is 3. The quantitative estimate of drug-likeness (QED) is 0.0261. The Morgan fingerprint density at radius 2 is 0.549 bits per heavy atom. The van der Waals surface area contributed by atoms with Crippen molar-refractivity contribution in [1.29, 1.82) is 0 Å². The molecule has 0 heterocycles. The molecular weight excluding hydrogens is 877 g/mol. The minimum atomic E-state index is -0.780. The first kappa shape index (κ1) is 67.6. The molecule has 1 unspecified atom stereocenters. The summed E-state index contributed by atoms with van der Waals surface area (Å²) in [4.78, 5) is 38.0. The van der Waals surface area contributed by atoms with E-state index in [1.54, 1.807) is 0 Å². The molecule has 0 N–H and O–H groups in total. The summed E-state index contributed by atoms with van der Waals surface area (Å²) in [6.45, 7) is 6.48. The van der Waals surface area contributed by atoms with Crippen LogP contribution >= 0.6 is 0 Å². The minimum Gasteiger partial charge on any atom is -0.462 e. The third kappa shape index (κ3) is 57.4. The van der Waals surface area contributed by atoms with Gasteiger partial charge in [0.05, 0.1) is 0 Å². The van der Waals surface area contributed by atoms with Crippen molar-refractivity contribution in [3.8, 4) is 0 Å². The number of unbranched alkanes of at least 4 members (excludes halogenated alkanes) is 29. The Morgan fingerprint density at radius 1 is 0.296 bits per heavy atom. The van der Waals surface area contributed by atoms with Gasteiger partial charge in [-0.1, -0.05) is 260 Å². The number of hydrogen-bond donors (Lipinski definition) is 0. The molecule has 0 aromatic heterocycles. The largest absolute Gasteiger partial charge is 0.462 e. The fraction of sp³-hybridized carbons (Fsp3) is 0.738.